The van der Waals surface area contributed by atoms with E-state index in [1.54, 1.807) is 55.7 Å². The average Bonchev–Trinajstić information content (AvgIpc) is 3.23. The molecule has 2 aromatic heterocycles. The van der Waals surface area contributed by atoms with Crippen molar-refractivity contribution in [3.8, 4) is 5.75 Å². The minimum Gasteiger partial charge on any atom is -0.494 e. The van der Waals surface area contributed by atoms with Gasteiger partial charge >= 0.3 is 6.03 Å². The summed E-state index contributed by atoms with van der Waals surface area (Å²) in [5.41, 5.74) is 1.72. The highest BCUT2D eigenvalue weighted by molar-refractivity contribution is 7.91. The summed E-state index contributed by atoms with van der Waals surface area (Å²) in [6.45, 7) is 8.23. The molecule has 0 saturated carbocycles. The number of urea groups is 1. The van der Waals surface area contributed by atoms with Gasteiger partial charge in [0.05, 0.1) is 18.8 Å². The molecule has 0 aliphatic carbocycles. The number of hydrogen-bond acceptors (Lipinski definition) is 7. The van der Waals surface area contributed by atoms with Crippen molar-refractivity contribution in [2.45, 2.75) is 38.4 Å². The van der Waals surface area contributed by atoms with Crippen LogP contribution in [-0.4, -0.2) is 38.1 Å². The van der Waals surface area contributed by atoms with Gasteiger partial charge in [-0.1, -0.05) is 25.2 Å². The zero-order valence-electron chi connectivity index (χ0n) is 19.3. The lowest BCUT2D eigenvalue weighted by Crippen LogP contribution is -2.34. The van der Waals surface area contributed by atoms with Crippen molar-refractivity contribution in [2.24, 2.45) is 0 Å². The van der Waals surface area contributed by atoms with E-state index in [0.717, 1.165) is 16.9 Å². The van der Waals surface area contributed by atoms with Gasteiger partial charge in [-0.2, -0.15) is 0 Å². The summed E-state index contributed by atoms with van der Waals surface area (Å²) in [4.78, 5) is 22.9. The van der Waals surface area contributed by atoms with E-state index in [2.05, 4.69) is 20.0 Å². The molecule has 2 N–H and O–H groups in total. The summed E-state index contributed by atoms with van der Waals surface area (Å²) >= 11 is 0.934. The molecule has 33 heavy (non-hydrogen) atoms. The monoisotopic (exact) mass is 491 g/mol. The summed E-state index contributed by atoms with van der Waals surface area (Å²) in [6, 6.07) is 10.1. The van der Waals surface area contributed by atoms with Crippen molar-refractivity contribution in [3.63, 3.8) is 0 Å². The fourth-order valence-corrected chi connectivity index (χ4v) is 5.05. The minimum atomic E-state index is -3.69. The van der Waals surface area contributed by atoms with E-state index >= 15 is 0 Å². The molecular weight excluding hydrogens is 462 g/mol. The van der Waals surface area contributed by atoms with Gasteiger partial charge in [-0.3, -0.25) is 9.88 Å². The first kappa shape index (κ1) is 26.2. The molecule has 11 heteroatoms. The SMILES string of the molecule is CC.CCOc1ccc(NC(=O)N(Cc2ccncc2)c2nc(C)c(S(=O)(=O)NC)s2)cc1. The van der Waals surface area contributed by atoms with E-state index in [1.165, 1.54) is 11.9 Å². The molecule has 0 aliphatic rings. The molecular formula is C22H29N5O4S2. The number of pyridine rings is 1. The third-order valence-electron chi connectivity index (χ3n) is 4.24. The summed E-state index contributed by atoms with van der Waals surface area (Å²) in [5.74, 6) is 0.701. The van der Waals surface area contributed by atoms with Crippen LogP contribution in [-0.2, 0) is 16.6 Å². The summed E-state index contributed by atoms with van der Waals surface area (Å²) in [7, 11) is -2.35. The quantitative estimate of drug-likeness (QED) is 0.482. The van der Waals surface area contributed by atoms with E-state index in [-0.39, 0.29) is 15.9 Å². The first-order chi connectivity index (χ1) is 15.8. The molecule has 2 heterocycles. The maximum Gasteiger partial charge on any atom is 0.328 e. The lowest BCUT2D eigenvalue weighted by molar-refractivity contribution is 0.256. The molecule has 9 nitrogen and oxygen atoms in total. The standard InChI is InChI=1S/C20H23N5O4S2.C2H6/c1-4-29-17-7-5-16(6-8-17)24-19(26)25(13-15-9-11-22-12-10-15)20-23-14(2)18(30-20)31(27,28)21-3;1-2/h5-12,21H,4,13H2,1-3H3,(H,24,26);1-2H3. The molecule has 0 unspecified atom stereocenters. The first-order valence-electron chi connectivity index (χ1n) is 10.4. The molecule has 178 valence electrons. The van der Waals surface area contributed by atoms with E-state index in [9.17, 15) is 13.2 Å². The Morgan fingerprint density at radius 3 is 2.33 bits per heavy atom. The number of aryl methyl sites for hydroxylation is 1. The molecule has 0 spiro atoms. The zero-order chi connectivity index (χ0) is 24.4. The number of ether oxygens (including phenoxy) is 1. The number of carbonyl (C=O) groups is 1. The fraction of sp³-hybridized carbons (Fsp3) is 0.318. The van der Waals surface area contributed by atoms with Crippen LogP contribution in [0.4, 0.5) is 15.6 Å². The van der Waals surface area contributed by atoms with Gasteiger partial charge in [-0.15, -0.1) is 0 Å². The maximum atomic E-state index is 13.1. The lowest BCUT2D eigenvalue weighted by atomic mass is 10.2. The van der Waals surface area contributed by atoms with Crippen molar-refractivity contribution in [1.29, 1.82) is 0 Å². The topological polar surface area (TPSA) is 114 Å². The smallest absolute Gasteiger partial charge is 0.328 e. The number of anilines is 2. The van der Waals surface area contributed by atoms with Crippen LogP contribution in [0, 0.1) is 6.92 Å². The molecule has 0 bridgehead atoms. The van der Waals surface area contributed by atoms with E-state index in [0.29, 0.717) is 23.7 Å². The van der Waals surface area contributed by atoms with Crippen molar-refractivity contribution in [3.05, 3.63) is 60.0 Å². The van der Waals surface area contributed by atoms with Gasteiger partial charge in [0.25, 0.3) is 10.0 Å². The third-order valence-corrected chi connectivity index (χ3v) is 7.44. The van der Waals surface area contributed by atoms with Crippen LogP contribution in [0.3, 0.4) is 0 Å². The van der Waals surface area contributed by atoms with Crippen LogP contribution >= 0.6 is 11.3 Å². The number of sulfonamides is 1. The summed E-state index contributed by atoms with van der Waals surface area (Å²) in [6.07, 6.45) is 3.25. The first-order valence-corrected chi connectivity index (χ1v) is 12.7. The normalized spacial score (nSPS) is 10.7. The second kappa shape index (κ2) is 12.3. The molecule has 1 aromatic carbocycles. The molecule has 0 aliphatic heterocycles. The number of thiazole rings is 1. The predicted octanol–water partition coefficient (Wildman–Crippen LogP) is 4.42. The van der Waals surface area contributed by atoms with Crippen LogP contribution in [0.15, 0.2) is 53.0 Å². The Hall–Kier alpha value is -3.02. The van der Waals surface area contributed by atoms with Crippen LogP contribution in [0.25, 0.3) is 0 Å². The van der Waals surface area contributed by atoms with Gasteiger partial charge in [0.2, 0.25) is 0 Å². The van der Waals surface area contributed by atoms with Crippen LogP contribution < -0.4 is 19.7 Å². The maximum absolute atomic E-state index is 13.1. The fourth-order valence-electron chi connectivity index (χ4n) is 2.72. The number of hydrogen-bond donors (Lipinski definition) is 2. The van der Waals surface area contributed by atoms with Gasteiger partial charge in [0.15, 0.2) is 9.34 Å². The van der Waals surface area contributed by atoms with E-state index in [4.69, 9.17) is 4.74 Å². The number of nitrogens with zero attached hydrogens (tertiary/aromatic N) is 3. The molecule has 2 amide bonds. The molecule has 0 radical (unpaired) electrons. The molecule has 3 rings (SSSR count). The van der Waals surface area contributed by atoms with Crippen molar-refractivity contribution in [1.82, 2.24) is 14.7 Å². The number of rotatable bonds is 8. The van der Waals surface area contributed by atoms with Crippen molar-refractivity contribution >= 4 is 38.2 Å². The molecule has 3 aromatic rings. The minimum absolute atomic E-state index is 0.0681. The van der Waals surface area contributed by atoms with Gasteiger partial charge in [0, 0.05) is 18.1 Å². The van der Waals surface area contributed by atoms with Gasteiger partial charge in [-0.05, 0) is 62.9 Å². The van der Waals surface area contributed by atoms with E-state index < -0.39 is 16.1 Å². The van der Waals surface area contributed by atoms with Crippen LogP contribution in [0.2, 0.25) is 0 Å². The molecule has 0 saturated heterocycles. The predicted molar refractivity (Wildman–Crippen MR) is 131 cm³/mol. The van der Waals surface area contributed by atoms with Gasteiger partial charge < -0.3 is 10.1 Å². The average molecular weight is 492 g/mol. The Morgan fingerprint density at radius 1 is 1.12 bits per heavy atom. The molecule has 0 atom stereocenters. The Bertz CT molecular complexity index is 1130. The second-order valence-corrected chi connectivity index (χ2v) is 9.47. The highest BCUT2D eigenvalue weighted by Crippen LogP contribution is 2.31. The highest BCUT2D eigenvalue weighted by Gasteiger charge is 2.26. The number of benzene rings is 1. The van der Waals surface area contributed by atoms with E-state index in [1.807, 2.05) is 20.8 Å². The van der Waals surface area contributed by atoms with Crippen LogP contribution in [0.5, 0.6) is 5.75 Å². The largest absolute Gasteiger partial charge is 0.494 e. The lowest BCUT2D eigenvalue weighted by Gasteiger charge is -2.20. The summed E-state index contributed by atoms with van der Waals surface area (Å²) in [5, 5.41) is 3.10. The Morgan fingerprint density at radius 2 is 1.76 bits per heavy atom. The highest BCUT2D eigenvalue weighted by atomic mass is 32.2. The second-order valence-electron chi connectivity index (χ2n) is 6.41. The van der Waals surface area contributed by atoms with Gasteiger partial charge in [0.1, 0.15) is 5.75 Å². The van der Waals surface area contributed by atoms with Gasteiger partial charge in [-0.25, -0.2) is 22.9 Å². The van der Waals surface area contributed by atoms with Crippen molar-refractivity contribution in [2.75, 3.05) is 23.9 Å². The number of carbonyl (C=O) groups excluding carboxylic acids is 1. The molecule has 0 fully saturated rings. The third kappa shape index (κ3) is 6.98. The van der Waals surface area contributed by atoms with Crippen LogP contribution in [0.1, 0.15) is 32.0 Å². The van der Waals surface area contributed by atoms with Crippen molar-refractivity contribution < 1.29 is 17.9 Å². The Balaban J connectivity index is 0.00000187. The Labute approximate surface area is 198 Å². The Kier molecular flexibility index (Phi) is 9.76. The number of amides is 2. The number of aromatic nitrogens is 2. The summed E-state index contributed by atoms with van der Waals surface area (Å²) < 4.78 is 32.3. The number of nitrogens with one attached hydrogen (secondary N) is 2. The zero-order valence-corrected chi connectivity index (χ0v) is 21.0.